The number of unbranched alkanes of at least 4 members (excludes halogenated alkanes) is 5. The standard InChI is InChI=1S/C50H61BF2N10O5S/c52-51(53)62-37(19-20-38(62)35-39-21-23-43(63(39)51)44-16-12-34-69-44)22-24-47(66)56-26-8-2-4-17-45(64)54-25-7-1-3-18-46(65)55-27-9-10-29-59-30-32-60(33-31-59)36-48(67)61-42-15-6-5-13-40(42)50(68)58-41-14-11-28-57-49(41)61/h5-6,11-16,19-21,23,28,34-35H,1-4,7-10,17-18,22,24-27,29-33,36H2,(H,54,64)(H,55,65)(H,56,66)(H,58,68). The molecule has 7 heterocycles. The summed E-state index contributed by atoms with van der Waals surface area (Å²) in [5.74, 6) is -0.151. The van der Waals surface area contributed by atoms with Crippen molar-refractivity contribution in [2.24, 2.45) is 0 Å². The van der Waals surface area contributed by atoms with E-state index in [-0.39, 0.29) is 48.9 Å². The maximum atomic E-state index is 16.0. The number of amides is 5. The predicted molar refractivity (Wildman–Crippen MR) is 266 cm³/mol. The van der Waals surface area contributed by atoms with E-state index in [2.05, 4.69) is 36.1 Å². The van der Waals surface area contributed by atoms with Gasteiger partial charge < -0.3 is 43.8 Å². The fraction of sp³-hybridized carbons (Fsp3) is 0.420. The number of fused-ring (bicyclic) bond motifs is 4. The van der Waals surface area contributed by atoms with Gasteiger partial charge in [0, 0.05) is 95.2 Å². The van der Waals surface area contributed by atoms with Gasteiger partial charge in [0.1, 0.15) is 0 Å². The number of rotatable bonds is 23. The van der Waals surface area contributed by atoms with Gasteiger partial charge in [-0.25, -0.2) is 4.98 Å². The summed E-state index contributed by atoms with van der Waals surface area (Å²) in [4.78, 5) is 75.3. The summed E-state index contributed by atoms with van der Waals surface area (Å²) < 4.78 is 34.3. The van der Waals surface area contributed by atoms with E-state index in [0.717, 1.165) is 91.5 Å². The Bertz CT molecular complexity index is 2590. The summed E-state index contributed by atoms with van der Waals surface area (Å²) in [6.07, 6.45) is 14.4. The highest BCUT2D eigenvalue weighted by molar-refractivity contribution is 7.12. The second kappa shape index (κ2) is 23.3. The second-order valence-electron chi connectivity index (χ2n) is 17.9. The average molecular weight is 963 g/mol. The number of carbonyl (C=O) groups excluding carboxylic acids is 5. The quantitative estimate of drug-likeness (QED) is 0.0496. The van der Waals surface area contributed by atoms with E-state index in [9.17, 15) is 24.0 Å². The summed E-state index contributed by atoms with van der Waals surface area (Å²) in [6, 6.07) is 17.6. The molecule has 0 bridgehead atoms. The minimum Gasteiger partial charge on any atom is -0.394 e. The molecule has 4 aliphatic heterocycles. The van der Waals surface area contributed by atoms with Crippen molar-refractivity contribution >= 4 is 76.8 Å². The molecule has 0 atom stereocenters. The molecule has 0 spiro atoms. The van der Waals surface area contributed by atoms with E-state index in [1.54, 1.807) is 71.8 Å². The third-order valence-electron chi connectivity index (χ3n) is 13.0. The van der Waals surface area contributed by atoms with Gasteiger partial charge >= 0.3 is 6.97 Å². The molecule has 3 aromatic heterocycles. The van der Waals surface area contributed by atoms with Crippen molar-refractivity contribution in [2.75, 3.05) is 69.1 Å². The number of para-hydroxylation sites is 1. The number of aryl methyl sites for hydroxylation is 1. The number of hydrogen-bond acceptors (Lipinski definition) is 9. The molecular formula is C50H61BF2N10O5S. The monoisotopic (exact) mass is 962 g/mol. The molecule has 15 nitrogen and oxygen atoms in total. The Labute approximate surface area is 405 Å². The van der Waals surface area contributed by atoms with Gasteiger partial charge in [-0.15, -0.1) is 11.3 Å². The molecule has 1 fully saturated rings. The lowest BCUT2D eigenvalue weighted by molar-refractivity contribution is -0.360. The Balaban J connectivity index is 0.608. The minimum atomic E-state index is -4.13. The van der Waals surface area contributed by atoms with Gasteiger partial charge in [0.2, 0.25) is 23.6 Å². The van der Waals surface area contributed by atoms with Crippen molar-refractivity contribution in [3.05, 3.63) is 112 Å². The highest BCUT2D eigenvalue weighted by atomic mass is 32.1. The van der Waals surface area contributed by atoms with Crippen LogP contribution in [0, 0.1) is 0 Å². The zero-order valence-corrected chi connectivity index (χ0v) is 39.8. The van der Waals surface area contributed by atoms with E-state index in [0.29, 0.717) is 84.4 Å². The highest BCUT2D eigenvalue weighted by Gasteiger charge is 2.52. The number of benzene rings is 1. The molecule has 4 aliphatic rings. The van der Waals surface area contributed by atoms with Crippen LogP contribution in [0.3, 0.4) is 0 Å². The number of anilines is 3. The second-order valence-corrected chi connectivity index (χ2v) is 18.9. The number of nitrogens with one attached hydrogen (secondary N) is 4. The van der Waals surface area contributed by atoms with E-state index < -0.39 is 6.97 Å². The van der Waals surface area contributed by atoms with Crippen molar-refractivity contribution < 1.29 is 37.1 Å². The molecule has 0 unspecified atom stereocenters. The fourth-order valence-corrected chi connectivity index (χ4v) is 10.1. The van der Waals surface area contributed by atoms with Gasteiger partial charge in [0.05, 0.1) is 28.4 Å². The van der Waals surface area contributed by atoms with Gasteiger partial charge in [0.25, 0.3) is 5.91 Å². The summed E-state index contributed by atoms with van der Waals surface area (Å²) in [5.41, 5.74) is 3.25. The first-order valence-electron chi connectivity index (χ1n) is 24.3. The van der Waals surface area contributed by atoms with Crippen LogP contribution in [0.1, 0.15) is 97.3 Å². The van der Waals surface area contributed by atoms with Crippen LogP contribution in [-0.4, -0.2) is 125 Å². The third-order valence-corrected chi connectivity index (χ3v) is 13.9. The highest BCUT2D eigenvalue weighted by Crippen LogP contribution is 2.37. The molecular weight excluding hydrogens is 901 g/mol. The Hall–Kier alpha value is -6.31. The molecule has 4 N–H and O–H groups in total. The first-order chi connectivity index (χ1) is 33.6. The lowest BCUT2D eigenvalue weighted by Gasteiger charge is -2.35. The minimum absolute atomic E-state index is 0.00829. The molecule has 0 radical (unpaired) electrons. The number of pyridine rings is 1. The number of nitrogens with zero attached hydrogens (tertiary/aromatic N) is 6. The first kappa shape index (κ1) is 49.1. The lowest BCUT2D eigenvalue weighted by Crippen LogP contribution is -2.50. The van der Waals surface area contributed by atoms with Crippen LogP contribution in [0.5, 0.6) is 0 Å². The van der Waals surface area contributed by atoms with E-state index in [1.165, 1.54) is 11.3 Å². The van der Waals surface area contributed by atoms with Gasteiger partial charge in [-0.3, -0.25) is 33.8 Å². The van der Waals surface area contributed by atoms with E-state index in [4.69, 9.17) is 0 Å². The molecule has 4 aromatic rings. The van der Waals surface area contributed by atoms with Crippen LogP contribution in [0.4, 0.5) is 25.8 Å². The van der Waals surface area contributed by atoms with Gasteiger partial charge in [-0.1, -0.05) is 31.0 Å². The molecule has 1 saturated heterocycles. The van der Waals surface area contributed by atoms with Crippen molar-refractivity contribution in [3.8, 4) is 0 Å². The third kappa shape index (κ3) is 12.3. The predicted octanol–water partition coefficient (Wildman–Crippen LogP) is 6.32. The van der Waals surface area contributed by atoms with Crippen LogP contribution in [0.25, 0.3) is 6.08 Å². The van der Waals surface area contributed by atoms with Crippen molar-refractivity contribution in [3.63, 3.8) is 0 Å². The molecule has 0 aliphatic carbocycles. The molecule has 0 saturated carbocycles. The smallest absolute Gasteiger partial charge is 0.394 e. The van der Waals surface area contributed by atoms with Crippen molar-refractivity contribution in [2.45, 2.75) is 77.0 Å². The van der Waals surface area contributed by atoms with Crippen LogP contribution in [0.15, 0.2) is 90.1 Å². The fourth-order valence-electron chi connectivity index (χ4n) is 9.38. The lowest BCUT2D eigenvalue weighted by atomic mass is 9.90. The Morgan fingerprint density at radius 1 is 0.739 bits per heavy atom. The van der Waals surface area contributed by atoms with Gasteiger partial charge in [0.15, 0.2) is 17.2 Å². The number of halogens is 2. The zero-order valence-electron chi connectivity index (χ0n) is 39.0. The summed E-state index contributed by atoms with van der Waals surface area (Å²) in [7, 11) is 0. The summed E-state index contributed by atoms with van der Waals surface area (Å²) >= 11 is 1.42. The Morgan fingerprint density at radius 2 is 1.42 bits per heavy atom. The van der Waals surface area contributed by atoms with Crippen LogP contribution < -0.4 is 26.2 Å². The number of aromatic nitrogens is 2. The molecule has 8 rings (SSSR count). The molecule has 364 valence electrons. The number of thiophene rings is 1. The van der Waals surface area contributed by atoms with Crippen molar-refractivity contribution in [1.29, 1.82) is 0 Å². The maximum absolute atomic E-state index is 16.0. The molecule has 5 amide bonds. The number of piperazine rings is 1. The topological polar surface area (TPSA) is 164 Å². The maximum Gasteiger partial charge on any atom is 0.737 e. The Morgan fingerprint density at radius 3 is 2.13 bits per heavy atom. The number of allylic oxidation sites excluding steroid dienone is 2. The Kier molecular flexibility index (Phi) is 16.6. The van der Waals surface area contributed by atoms with E-state index in [1.807, 2.05) is 23.6 Å². The van der Waals surface area contributed by atoms with Gasteiger partial charge in [-0.2, -0.15) is 0 Å². The number of hydrogen-bond donors (Lipinski definition) is 4. The van der Waals surface area contributed by atoms with E-state index >= 15 is 8.63 Å². The van der Waals surface area contributed by atoms with Gasteiger partial charge in [-0.05, 0) is 105 Å². The van der Waals surface area contributed by atoms with Crippen LogP contribution in [0.2, 0.25) is 0 Å². The largest absolute Gasteiger partial charge is 0.737 e. The van der Waals surface area contributed by atoms with Crippen LogP contribution in [-0.2, 0) is 25.6 Å². The molecule has 19 heteroatoms. The normalized spacial score (nSPS) is 16.2. The summed E-state index contributed by atoms with van der Waals surface area (Å²) in [5, 5.41) is 13.6. The first-order valence-corrected chi connectivity index (χ1v) is 25.2. The summed E-state index contributed by atoms with van der Waals surface area (Å²) in [6.45, 7) is 1.86. The number of carbonyl (C=O) groups is 5. The SMILES string of the molecule is O=C(CCCCCNC(=O)CCc1ccc2n1[B-](F)(F)[N+]1=C(c3cccs3)C=CC1=C2)NCCCCCC(=O)NCCCCN1CCN(CC(=O)N2c3ccccc3C(=O)Nc3cccnc32)CC1. The average Bonchev–Trinajstić information content (AvgIpc) is 4.12. The molecule has 69 heavy (non-hydrogen) atoms. The zero-order chi connectivity index (χ0) is 48.2. The van der Waals surface area contributed by atoms with Crippen molar-refractivity contribution in [1.82, 2.24) is 35.2 Å². The van der Waals surface area contributed by atoms with Crippen LogP contribution >= 0.6 is 11.3 Å². The molecule has 1 aromatic carbocycles.